The summed E-state index contributed by atoms with van der Waals surface area (Å²) in [4.78, 5) is 19.9. The van der Waals surface area contributed by atoms with Crippen molar-refractivity contribution in [2.45, 2.75) is 95.4 Å². The van der Waals surface area contributed by atoms with Crippen molar-refractivity contribution in [2.75, 3.05) is 39.5 Å². The van der Waals surface area contributed by atoms with Crippen molar-refractivity contribution < 1.29 is 24.5 Å². The summed E-state index contributed by atoms with van der Waals surface area (Å²) in [7, 11) is 0. The monoisotopic (exact) mass is 490 g/mol. The van der Waals surface area contributed by atoms with Gasteiger partial charge in [-0.1, -0.05) is 5.16 Å². The van der Waals surface area contributed by atoms with E-state index in [9.17, 15) is 5.11 Å². The SMILES string of the molecule is OC1(OOC2C3CC4CC(C3)CC2C4)CCC(C2CCC(=NOCCN3CCOCC3)CC2)CC1. The van der Waals surface area contributed by atoms with Gasteiger partial charge in [-0.25, -0.2) is 9.78 Å². The zero-order chi connectivity index (χ0) is 23.7. The number of rotatable bonds is 8. The maximum absolute atomic E-state index is 11.1. The molecule has 6 saturated carbocycles. The molecule has 7 heteroatoms. The Balaban J connectivity index is 0.888. The fourth-order valence-corrected chi connectivity index (χ4v) is 8.49. The van der Waals surface area contributed by atoms with E-state index in [4.69, 9.17) is 19.3 Å². The molecular formula is C28H46N2O5. The second-order valence-corrected chi connectivity index (χ2v) is 12.6. The summed E-state index contributed by atoms with van der Waals surface area (Å²) in [5.74, 6) is 3.51. The highest BCUT2D eigenvalue weighted by Crippen LogP contribution is 2.55. The van der Waals surface area contributed by atoms with Crippen molar-refractivity contribution in [1.82, 2.24) is 4.90 Å². The molecule has 4 bridgehead atoms. The largest absolute Gasteiger partial charge is 0.394 e. The summed E-state index contributed by atoms with van der Waals surface area (Å²) in [5, 5.41) is 15.6. The van der Waals surface area contributed by atoms with Crippen molar-refractivity contribution in [3.63, 3.8) is 0 Å². The lowest BCUT2D eigenvalue weighted by molar-refractivity contribution is -0.460. The van der Waals surface area contributed by atoms with Gasteiger partial charge >= 0.3 is 0 Å². The maximum Gasteiger partial charge on any atom is 0.199 e. The van der Waals surface area contributed by atoms with E-state index < -0.39 is 5.79 Å². The third-order valence-electron chi connectivity index (χ3n) is 10.3. The summed E-state index contributed by atoms with van der Waals surface area (Å²) in [6.45, 7) is 5.25. The van der Waals surface area contributed by atoms with Gasteiger partial charge in [0.25, 0.3) is 0 Å². The van der Waals surface area contributed by atoms with E-state index in [2.05, 4.69) is 10.1 Å². The minimum Gasteiger partial charge on any atom is -0.394 e. The smallest absolute Gasteiger partial charge is 0.199 e. The molecule has 0 aromatic rings. The van der Waals surface area contributed by atoms with Crippen molar-refractivity contribution in [3.05, 3.63) is 0 Å². The molecule has 0 atom stereocenters. The average Bonchev–Trinajstić information content (AvgIpc) is 2.87. The molecule has 0 amide bonds. The highest BCUT2D eigenvalue weighted by molar-refractivity contribution is 5.84. The van der Waals surface area contributed by atoms with Crippen molar-refractivity contribution >= 4 is 5.71 Å². The van der Waals surface area contributed by atoms with Gasteiger partial charge in [0.05, 0.1) is 25.0 Å². The maximum atomic E-state index is 11.1. The average molecular weight is 491 g/mol. The fourth-order valence-electron chi connectivity index (χ4n) is 8.49. The van der Waals surface area contributed by atoms with Crippen LogP contribution in [0.25, 0.3) is 0 Å². The van der Waals surface area contributed by atoms with Crippen LogP contribution in [0, 0.1) is 35.5 Å². The van der Waals surface area contributed by atoms with Gasteiger partial charge in [0, 0.05) is 32.5 Å². The lowest BCUT2D eigenvalue weighted by Gasteiger charge is -2.53. The number of hydrogen-bond donors (Lipinski definition) is 1. The van der Waals surface area contributed by atoms with Gasteiger partial charge in [0.15, 0.2) is 5.79 Å². The third-order valence-corrected chi connectivity index (χ3v) is 10.3. The van der Waals surface area contributed by atoms with E-state index in [0.29, 0.717) is 37.2 Å². The van der Waals surface area contributed by atoms with Crippen LogP contribution in [0.15, 0.2) is 5.16 Å². The van der Waals surface area contributed by atoms with Gasteiger partial charge < -0.3 is 14.7 Å². The molecule has 7 nitrogen and oxygen atoms in total. The Labute approximate surface area is 210 Å². The summed E-state index contributed by atoms with van der Waals surface area (Å²) in [6.07, 6.45) is 14.9. The Bertz CT molecular complexity index is 693. The molecule has 0 spiro atoms. The lowest BCUT2D eigenvalue weighted by Crippen LogP contribution is -2.50. The summed E-state index contributed by atoms with van der Waals surface area (Å²) in [6, 6.07) is 0. The van der Waals surface area contributed by atoms with Gasteiger partial charge in [-0.2, -0.15) is 0 Å². The number of hydrogen-bond acceptors (Lipinski definition) is 7. The van der Waals surface area contributed by atoms with E-state index in [0.717, 1.165) is 76.3 Å². The molecule has 1 heterocycles. The van der Waals surface area contributed by atoms with Crippen molar-refractivity contribution in [2.24, 2.45) is 40.7 Å². The van der Waals surface area contributed by atoms with Crippen LogP contribution in [-0.4, -0.2) is 67.1 Å². The van der Waals surface area contributed by atoms with Crippen LogP contribution >= 0.6 is 0 Å². The lowest BCUT2D eigenvalue weighted by atomic mass is 9.55. The minimum absolute atomic E-state index is 0.219. The molecule has 1 aliphatic heterocycles. The highest BCUT2D eigenvalue weighted by atomic mass is 17.2. The van der Waals surface area contributed by atoms with Gasteiger partial charge in [0.2, 0.25) is 0 Å². The second-order valence-electron chi connectivity index (χ2n) is 12.6. The molecule has 7 rings (SSSR count). The molecule has 6 aliphatic carbocycles. The predicted octanol–water partition coefficient (Wildman–Crippen LogP) is 4.53. The molecule has 7 aliphatic rings. The Kier molecular flexibility index (Phi) is 7.69. The van der Waals surface area contributed by atoms with Crippen LogP contribution in [0.4, 0.5) is 0 Å². The number of morpholine rings is 1. The molecule has 0 radical (unpaired) electrons. The molecule has 1 N–H and O–H groups in total. The third kappa shape index (κ3) is 5.90. The van der Waals surface area contributed by atoms with Crippen LogP contribution in [0.3, 0.4) is 0 Å². The van der Waals surface area contributed by atoms with Crippen molar-refractivity contribution in [3.8, 4) is 0 Å². The minimum atomic E-state index is -1.08. The summed E-state index contributed by atoms with van der Waals surface area (Å²) >= 11 is 0. The van der Waals surface area contributed by atoms with Gasteiger partial charge in [-0.3, -0.25) is 4.90 Å². The topological polar surface area (TPSA) is 72.8 Å². The molecule has 35 heavy (non-hydrogen) atoms. The summed E-state index contributed by atoms with van der Waals surface area (Å²) in [5.41, 5.74) is 1.22. The van der Waals surface area contributed by atoms with E-state index >= 15 is 0 Å². The molecule has 198 valence electrons. The van der Waals surface area contributed by atoms with Crippen molar-refractivity contribution in [1.29, 1.82) is 0 Å². The van der Waals surface area contributed by atoms with Crippen LogP contribution in [0.2, 0.25) is 0 Å². The van der Waals surface area contributed by atoms with Crippen LogP contribution in [0.5, 0.6) is 0 Å². The van der Waals surface area contributed by atoms with Crippen LogP contribution in [-0.2, 0) is 19.3 Å². The first-order chi connectivity index (χ1) is 17.1. The number of nitrogens with zero attached hydrogens (tertiary/aromatic N) is 2. The zero-order valence-electron chi connectivity index (χ0n) is 21.5. The first-order valence-electron chi connectivity index (χ1n) is 14.7. The van der Waals surface area contributed by atoms with Crippen LogP contribution in [0.1, 0.15) is 83.5 Å². The molecule has 0 aromatic heterocycles. The quantitative estimate of drug-likeness (QED) is 0.233. The van der Waals surface area contributed by atoms with E-state index in [-0.39, 0.29) is 6.10 Å². The Morgan fingerprint density at radius 1 is 0.857 bits per heavy atom. The van der Waals surface area contributed by atoms with E-state index in [1.165, 1.54) is 50.7 Å². The van der Waals surface area contributed by atoms with Crippen LogP contribution < -0.4 is 0 Å². The first-order valence-corrected chi connectivity index (χ1v) is 14.7. The Hall–Kier alpha value is -0.730. The summed E-state index contributed by atoms with van der Waals surface area (Å²) < 4.78 is 5.39. The normalized spacial score (nSPS) is 43.9. The predicted molar refractivity (Wildman–Crippen MR) is 133 cm³/mol. The molecule has 7 fully saturated rings. The standard InChI is InChI=1S/C28H46N2O5/c31-28(35-34-27-24-16-20-15-21(18-24)19-25(27)17-20)7-5-23(6-8-28)22-1-3-26(4-2-22)29-33-14-11-30-9-12-32-13-10-30/h20-25,27,31H,1-19H2. The van der Waals surface area contributed by atoms with Gasteiger partial charge in [0.1, 0.15) is 6.61 Å². The fraction of sp³-hybridized carbons (Fsp3) is 0.964. The van der Waals surface area contributed by atoms with Gasteiger partial charge in [-0.05, 0) is 106 Å². The Morgan fingerprint density at radius 3 is 2.14 bits per heavy atom. The molecule has 0 unspecified atom stereocenters. The molecule has 0 aromatic carbocycles. The zero-order valence-corrected chi connectivity index (χ0v) is 21.5. The molecular weight excluding hydrogens is 444 g/mol. The number of oxime groups is 1. The van der Waals surface area contributed by atoms with Gasteiger partial charge in [-0.15, -0.1) is 0 Å². The van der Waals surface area contributed by atoms with E-state index in [1.807, 2.05) is 0 Å². The Morgan fingerprint density at radius 2 is 1.49 bits per heavy atom. The van der Waals surface area contributed by atoms with E-state index in [1.54, 1.807) is 0 Å². The second kappa shape index (κ2) is 10.9. The first kappa shape index (κ1) is 24.6. The number of ether oxygens (including phenoxy) is 1. The molecule has 1 saturated heterocycles. The number of aliphatic hydroxyl groups is 1. The highest BCUT2D eigenvalue weighted by Gasteiger charge is 2.50.